The second kappa shape index (κ2) is 6.89. The highest BCUT2D eigenvalue weighted by Crippen LogP contribution is 2.61. The Morgan fingerprint density at radius 3 is 2.10 bits per heavy atom. The normalized spacial score (nSPS) is 35.8. The standard InChI is InChI=1S/C24H27NO4/c26-19-6-7-25(22(28)18-4-2-1-3-5-18)23(29)21(19)20(27)14-24-11-15-8-16(12-24)10-17(9-15)13-24/h1-5,15-17,21H,6-14H2. The zero-order chi connectivity index (χ0) is 20.2. The number of benzene rings is 1. The van der Waals surface area contributed by atoms with Crippen molar-refractivity contribution >= 4 is 23.4 Å². The molecule has 1 unspecified atom stereocenters. The lowest BCUT2D eigenvalue weighted by molar-refractivity contribution is -0.150. The summed E-state index contributed by atoms with van der Waals surface area (Å²) in [5.41, 5.74) is 0.389. The summed E-state index contributed by atoms with van der Waals surface area (Å²) in [5.74, 6) is -0.770. The molecule has 1 aromatic rings. The Morgan fingerprint density at radius 1 is 0.931 bits per heavy atom. The topological polar surface area (TPSA) is 71.5 Å². The number of imide groups is 1. The van der Waals surface area contributed by atoms with Gasteiger partial charge in [0.15, 0.2) is 17.5 Å². The van der Waals surface area contributed by atoms with Crippen LogP contribution in [0.4, 0.5) is 0 Å². The van der Waals surface area contributed by atoms with E-state index in [0.717, 1.165) is 24.2 Å². The molecule has 0 spiro atoms. The lowest BCUT2D eigenvalue weighted by Gasteiger charge is -2.57. The Balaban J connectivity index is 1.34. The summed E-state index contributed by atoms with van der Waals surface area (Å²) in [5, 5.41) is 0. The van der Waals surface area contributed by atoms with E-state index in [2.05, 4.69) is 0 Å². The Labute approximate surface area is 170 Å². The summed E-state index contributed by atoms with van der Waals surface area (Å²) in [6.07, 6.45) is 7.44. The van der Waals surface area contributed by atoms with Gasteiger partial charge in [-0.1, -0.05) is 18.2 Å². The molecule has 0 N–H and O–H groups in total. The number of nitrogens with zero attached hydrogens (tertiary/aromatic N) is 1. The van der Waals surface area contributed by atoms with Gasteiger partial charge in [0.25, 0.3) is 5.91 Å². The highest BCUT2D eigenvalue weighted by Gasteiger charge is 2.53. The van der Waals surface area contributed by atoms with Gasteiger partial charge < -0.3 is 0 Å². The fraction of sp³-hybridized carbons (Fsp3) is 0.583. The number of carbonyl (C=O) groups excluding carboxylic acids is 4. The zero-order valence-electron chi connectivity index (χ0n) is 16.6. The number of carbonyl (C=O) groups is 4. The summed E-state index contributed by atoms with van der Waals surface area (Å²) < 4.78 is 0. The fourth-order valence-electron chi connectivity index (χ4n) is 7.00. The van der Waals surface area contributed by atoms with Crippen LogP contribution < -0.4 is 0 Å². The number of likely N-dealkylation sites (tertiary alicyclic amines) is 1. The summed E-state index contributed by atoms with van der Waals surface area (Å²) in [6.45, 7) is 0.0620. The minimum absolute atomic E-state index is 0.0158. The zero-order valence-corrected chi connectivity index (χ0v) is 16.6. The Morgan fingerprint density at radius 2 is 1.52 bits per heavy atom. The predicted octanol–water partition coefficient (Wildman–Crippen LogP) is 3.42. The molecule has 152 valence electrons. The lowest BCUT2D eigenvalue weighted by atomic mass is 9.48. The van der Waals surface area contributed by atoms with E-state index < -0.39 is 17.7 Å². The van der Waals surface area contributed by atoms with Crippen LogP contribution in [0.1, 0.15) is 61.7 Å². The van der Waals surface area contributed by atoms with E-state index in [-0.39, 0.29) is 29.9 Å². The molecule has 4 saturated carbocycles. The smallest absolute Gasteiger partial charge is 0.260 e. The van der Waals surface area contributed by atoms with Crippen LogP contribution >= 0.6 is 0 Å². The molecule has 29 heavy (non-hydrogen) atoms. The molecule has 2 amide bonds. The highest BCUT2D eigenvalue weighted by atomic mass is 16.2. The summed E-state index contributed by atoms with van der Waals surface area (Å²) in [4.78, 5) is 52.7. The van der Waals surface area contributed by atoms with Crippen LogP contribution in [-0.4, -0.2) is 34.8 Å². The van der Waals surface area contributed by atoms with Crippen molar-refractivity contribution < 1.29 is 19.2 Å². The van der Waals surface area contributed by atoms with Gasteiger partial charge in [0.1, 0.15) is 0 Å². The molecule has 1 saturated heterocycles. The van der Waals surface area contributed by atoms with Crippen LogP contribution in [-0.2, 0) is 14.4 Å². The second-order valence-corrected chi connectivity index (χ2v) is 9.87. The number of ketones is 2. The number of rotatable bonds is 4. The van der Waals surface area contributed by atoms with Crippen LogP contribution in [0, 0.1) is 29.1 Å². The first kappa shape index (κ1) is 18.7. The maximum absolute atomic E-state index is 13.2. The van der Waals surface area contributed by atoms with E-state index in [1.165, 1.54) is 19.3 Å². The van der Waals surface area contributed by atoms with Crippen molar-refractivity contribution in [3.8, 4) is 0 Å². The van der Waals surface area contributed by atoms with Crippen LogP contribution in [0.25, 0.3) is 0 Å². The average molecular weight is 393 g/mol. The maximum Gasteiger partial charge on any atom is 0.260 e. The lowest BCUT2D eigenvalue weighted by Crippen LogP contribution is -2.53. The molecular weight excluding hydrogens is 366 g/mol. The largest absolute Gasteiger partial charge is 0.298 e. The first-order chi connectivity index (χ1) is 13.9. The van der Waals surface area contributed by atoms with E-state index in [0.29, 0.717) is 29.7 Å². The molecule has 1 aromatic carbocycles. The fourth-order valence-corrected chi connectivity index (χ4v) is 7.00. The molecule has 0 aromatic heterocycles. The minimum Gasteiger partial charge on any atom is -0.298 e. The molecule has 5 fully saturated rings. The van der Waals surface area contributed by atoms with E-state index in [1.807, 2.05) is 0 Å². The quantitative estimate of drug-likeness (QED) is 0.580. The minimum atomic E-state index is -1.29. The number of Topliss-reactive ketones (excluding diaryl/α,β-unsaturated/α-hetero) is 2. The van der Waals surface area contributed by atoms with Gasteiger partial charge in [-0.2, -0.15) is 0 Å². The molecule has 5 aliphatic rings. The molecule has 4 bridgehead atoms. The van der Waals surface area contributed by atoms with Crippen LogP contribution in [0.5, 0.6) is 0 Å². The molecular formula is C24H27NO4. The van der Waals surface area contributed by atoms with E-state index in [4.69, 9.17) is 0 Å². The third-order valence-electron chi connectivity index (χ3n) is 7.72. The Hall–Kier alpha value is -2.30. The molecule has 4 aliphatic carbocycles. The predicted molar refractivity (Wildman–Crippen MR) is 106 cm³/mol. The molecule has 1 aliphatic heterocycles. The van der Waals surface area contributed by atoms with E-state index >= 15 is 0 Å². The van der Waals surface area contributed by atoms with Gasteiger partial charge in [0.05, 0.1) is 0 Å². The van der Waals surface area contributed by atoms with Gasteiger partial charge in [-0.15, -0.1) is 0 Å². The first-order valence-electron chi connectivity index (χ1n) is 10.9. The highest BCUT2D eigenvalue weighted by molar-refractivity contribution is 6.23. The molecule has 1 atom stereocenters. The van der Waals surface area contributed by atoms with Crippen molar-refractivity contribution in [3.05, 3.63) is 35.9 Å². The van der Waals surface area contributed by atoms with E-state index in [1.54, 1.807) is 30.3 Å². The molecule has 5 heteroatoms. The second-order valence-electron chi connectivity index (χ2n) is 9.87. The van der Waals surface area contributed by atoms with Gasteiger partial charge in [-0.05, 0) is 73.8 Å². The first-order valence-corrected chi connectivity index (χ1v) is 10.9. The monoisotopic (exact) mass is 393 g/mol. The van der Waals surface area contributed by atoms with Gasteiger partial charge in [0.2, 0.25) is 5.91 Å². The van der Waals surface area contributed by atoms with Crippen molar-refractivity contribution in [2.45, 2.75) is 51.4 Å². The third-order valence-corrected chi connectivity index (χ3v) is 7.72. The van der Waals surface area contributed by atoms with Crippen LogP contribution in [0.3, 0.4) is 0 Å². The summed E-state index contributed by atoms with van der Waals surface area (Å²) in [6, 6.07) is 8.58. The number of amides is 2. The maximum atomic E-state index is 13.2. The summed E-state index contributed by atoms with van der Waals surface area (Å²) in [7, 11) is 0. The Bertz CT molecular complexity index is 839. The van der Waals surface area contributed by atoms with Crippen molar-refractivity contribution in [2.75, 3.05) is 6.54 Å². The van der Waals surface area contributed by atoms with Gasteiger partial charge in [0, 0.05) is 24.9 Å². The van der Waals surface area contributed by atoms with Crippen molar-refractivity contribution in [1.29, 1.82) is 0 Å². The van der Waals surface area contributed by atoms with Crippen molar-refractivity contribution in [2.24, 2.45) is 29.1 Å². The molecule has 6 rings (SSSR count). The third kappa shape index (κ3) is 3.24. The number of hydrogen-bond acceptors (Lipinski definition) is 4. The van der Waals surface area contributed by atoms with Gasteiger partial charge in [-0.3, -0.25) is 24.1 Å². The average Bonchev–Trinajstić information content (AvgIpc) is 2.67. The van der Waals surface area contributed by atoms with Crippen molar-refractivity contribution in [1.82, 2.24) is 4.90 Å². The number of piperidine rings is 1. The number of hydrogen-bond donors (Lipinski definition) is 0. The SMILES string of the molecule is O=C1CCN(C(=O)c2ccccc2)C(=O)C1C(=O)CC12CC3CC(CC(C3)C1)C2. The van der Waals surface area contributed by atoms with Crippen LogP contribution in [0.2, 0.25) is 0 Å². The van der Waals surface area contributed by atoms with Gasteiger partial charge in [-0.25, -0.2) is 0 Å². The molecule has 1 heterocycles. The Kier molecular flexibility index (Phi) is 4.45. The molecule has 0 radical (unpaired) electrons. The van der Waals surface area contributed by atoms with Gasteiger partial charge >= 0.3 is 0 Å². The van der Waals surface area contributed by atoms with Crippen molar-refractivity contribution in [3.63, 3.8) is 0 Å². The van der Waals surface area contributed by atoms with E-state index in [9.17, 15) is 19.2 Å². The molecule has 5 nitrogen and oxygen atoms in total. The van der Waals surface area contributed by atoms with Crippen LogP contribution in [0.15, 0.2) is 30.3 Å². The summed E-state index contributed by atoms with van der Waals surface area (Å²) >= 11 is 0.